The van der Waals surface area contributed by atoms with Gasteiger partial charge in [0.15, 0.2) is 0 Å². The third-order valence-electron chi connectivity index (χ3n) is 2.95. The third-order valence-corrected chi connectivity index (χ3v) is 4.37. The highest BCUT2D eigenvalue weighted by Crippen LogP contribution is 2.46. The highest BCUT2D eigenvalue weighted by molar-refractivity contribution is 8.00. The summed E-state index contributed by atoms with van der Waals surface area (Å²) in [7, 11) is 0. The van der Waals surface area contributed by atoms with Gasteiger partial charge >= 0.3 is 0 Å². The summed E-state index contributed by atoms with van der Waals surface area (Å²) < 4.78 is 6.13. The second-order valence-electron chi connectivity index (χ2n) is 4.86. The second kappa shape index (κ2) is 6.77. The molecule has 1 fully saturated rings. The van der Waals surface area contributed by atoms with E-state index in [1.54, 1.807) is 0 Å². The first-order valence-corrected chi connectivity index (χ1v) is 7.25. The van der Waals surface area contributed by atoms with Gasteiger partial charge in [0.2, 0.25) is 0 Å². The van der Waals surface area contributed by atoms with Crippen molar-refractivity contribution < 1.29 is 4.74 Å². The number of ether oxygens (including phenoxy) is 1. The van der Waals surface area contributed by atoms with Crippen LogP contribution in [0.3, 0.4) is 0 Å². The van der Waals surface area contributed by atoms with E-state index in [9.17, 15) is 0 Å². The summed E-state index contributed by atoms with van der Waals surface area (Å²) >= 11 is 2.01. The summed E-state index contributed by atoms with van der Waals surface area (Å²) in [4.78, 5) is 0. The summed E-state index contributed by atoms with van der Waals surface area (Å²) in [6, 6.07) is 0. The summed E-state index contributed by atoms with van der Waals surface area (Å²) in [5, 5.41) is 3.48. The Morgan fingerprint density at radius 2 is 2.07 bits per heavy atom. The van der Waals surface area contributed by atoms with E-state index in [-0.39, 0.29) is 0 Å². The summed E-state index contributed by atoms with van der Waals surface area (Å²) in [5.41, 5.74) is 0. The smallest absolute Gasteiger partial charge is 0.0590 e. The molecular formula is C12H25NOS. The van der Waals surface area contributed by atoms with Crippen molar-refractivity contribution >= 4 is 11.8 Å². The maximum atomic E-state index is 5.54. The predicted octanol–water partition coefficient (Wildman–Crippen LogP) is 2.53. The first kappa shape index (κ1) is 13.3. The molecule has 0 aliphatic heterocycles. The number of nitrogens with one attached hydrogen (secondary N) is 1. The van der Waals surface area contributed by atoms with Gasteiger partial charge in [0.05, 0.1) is 6.61 Å². The Labute approximate surface area is 98.5 Å². The molecule has 0 saturated heterocycles. The molecule has 1 N–H and O–H groups in total. The van der Waals surface area contributed by atoms with Crippen LogP contribution in [0.5, 0.6) is 0 Å². The highest BCUT2D eigenvalue weighted by atomic mass is 32.2. The standard InChI is InChI=1S/C12H25NOS/c1-11(2)4-8-14-9-7-13-10-12(15-3)5-6-12/h11,13H,4-10H2,1-3H3. The molecule has 0 aromatic rings. The SMILES string of the molecule is CSC1(CNCCOCCC(C)C)CC1. The van der Waals surface area contributed by atoms with Crippen LogP contribution in [0.1, 0.15) is 33.1 Å². The van der Waals surface area contributed by atoms with Gasteiger partial charge in [0, 0.05) is 24.4 Å². The van der Waals surface area contributed by atoms with E-state index >= 15 is 0 Å². The average molecular weight is 231 g/mol. The van der Waals surface area contributed by atoms with Crippen molar-refractivity contribution in [2.75, 3.05) is 32.6 Å². The fourth-order valence-corrected chi connectivity index (χ4v) is 2.23. The van der Waals surface area contributed by atoms with Crippen LogP contribution in [0, 0.1) is 5.92 Å². The van der Waals surface area contributed by atoms with Crippen LogP contribution >= 0.6 is 11.8 Å². The molecule has 0 atom stereocenters. The largest absolute Gasteiger partial charge is 0.380 e. The molecule has 0 heterocycles. The average Bonchev–Trinajstić information content (AvgIpc) is 2.97. The number of hydrogen-bond donors (Lipinski definition) is 1. The Morgan fingerprint density at radius 1 is 1.33 bits per heavy atom. The molecule has 0 amide bonds. The molecule has 15 heavy (non-hydrogen) atoms. The molecular weight excluding hydrogens is 206 g/mol. The minimum atomic E-state index is 0.581. The molecule has 0 aromatic heterocycles. The van der Waals surface area contributed by atoms with E-state index in [2.05, 4.69) is 25.4 Å². The van der Waals surface area contributed by atoms with Gasteiger partial charge in [-0.15, -0.1) is 0 Å². The zero-order chi connectivity index (χ0) is 11.1. The van der Waals surface area contributed by atoms with E-state index in [0.29, 0.717) is 4.75 Å². The lowest BCUT2D eigenvalue weighted by Crippen LogP contribution is -2.29. The van der Waals surface area contributed by atoms with Crippen molar-refractivity contribution in [3.05, 3.63) is 0 Å². The van der Waals surface area contributed by atoms with Crippen LogP contribution in [0.4, 0.5) is 0 Å². The molecule has 0 aromatic carbocycles. The molecule has 0 spiro atoms. The molecule has 1 aliphatic carbocycles. The van der Waals surface area contributed by atoms with E-state index in [1.165, 1.54) is 19.3 Å². The molecule has 1 aliphatic rings. The first-order valence-electron chi connectivity index (χ1n) is 6.02. The van der Waals surface area contributed by atoms with Crippen molar-refractivity contribution in [1.29, 1.82) is 0 Å². The summed E-state index contributed by atoms with van der Waals surface area (Å²) in [6.45, 7) is 8.39. The molecule has 1 rings (SSSR count). The number of thioether (sulfide) groups is 1. The van der Waals surface area contributed by atoms with Gasteiger partial charge in [-0.25, -0.2) is 0 Å². The van der Waals surface area contributed by atoms with Crippen LogP contribution in [-0.2, 0) is 4.74 Å². The van der Waals surface area contributed by atoms with E-state index in [1.807, 2.05) is 11.8 Å². The van der Waals surface area contributed by atoms with Gasteiger partial charge in [-0.2, -0.15) is 11.8 Å². The van der Waals surface area contributed by atoms with Gasteiger partial charge in [0.25, 0.3) is 0 Å². The molecule has 0 radical (unpaired) electrons. The van der Waals surface area contributed by atoms with Gasteiger partial charge in [0.1, 0.15) is 0 Å². The van der Waals surface area contributed by atoms with Gasteiger partial charge in [-0.3, -0.25) is 0 Å². The second-order valence-corrected chi connectivity index (χ2v) is 6.13. The minimum Gasteiger partial charge on any atom is -0.380 e. The monoisotopic (exact) mass is 231 g/mol. The van der Waals surface area contributed by atoms with Crippen LogP contribution in [-0.4, -0.2) is 37.3 Å². The normalized spacial score (nSPS) is 18.4. The van der Waals surface area contributed by atoms with Crippen molar-refractivity contribution in [2.45, 2.75) is 37.9 Å². The third kappa shape index (κ3) is 5.79. The van der Waals surface area contributed by atoms with Crippen molar-refractivity contribution in [1.82, 2.24) is 5.32 Å². The van der Waals surface area contributed by atoms with Crippen LogP contribution in [0.2, 0.25) is 0 Å². The Balaban J connectivity index is 1.81. The zero-order valence-electron chi connectivity index (χ0n) is 10.3. The summed E-state index contributed by atoms with van der Waals surface area (Å²) in [5.74, 6) is 0.754. The van der Waals surface area contributed by atoms with Crippen LogP contribution in [0.15, 0.2) is 0 Å². The Hall–Kier alpha value is 0.270. The minimum absolute atomic E-state index is 0.581. The van der Waals surface area contributed by atoms with E-state index in [0.717, 1.165) is 32.2 Å². The lowest BCUT2D eigenvalue weighted by atomic mass is 10.1. The molecule has 3 heteroatoms. The fourth-order valence-electron chi connectivity index (χ4n) is 1.47. The van der Waals surface area contributed by atoms with Gasteiger partial charge in [-0.1, -0.05) is 13.8 Å². The highest BCUT2D eigenvalue weighted by Gasteiger charge is 2.41. The first-order chi connectivity index (χ1) is 7.18. The van der Waals surface area contributed by atoms with Gasteiger partial charge < -0.3 is 10.1 Å². The maximum Gasteiger partial charge on any atom is 0.0590 e. The summed E-state index contributed by atoms with van der Waals surface area (Å²) in [6.07, 6.45) is 6.16. The van der Waals surface area contributed by atoms with Gasteiger partial charge in [-0.05, 0) is 31.4 Å². The quantitative estimate of drug-likeness (QED) is 0.616. The van der Waals surface area contributed by atoms with Crippen molar-refractivity contribution in [2.24, 2.45) is 5.92 Å². The number of rotatable bonds is 9. The topological polar surface area (TPSA) is 21.3 Å². The molecule has 2 nitrogen and oxygen atoms in total. The Kier molecular flexibility index (Phi) is 6.02. The molecule has 0 bridgehead atoms. The molecule has 90 valence electrons. The lowest BCUT2D eigenvalue weighted by Gasteiger charge is -2.13. The predicted molar refractivity (Wildman–Crippen MR) is 68.6 cm³/mol. The maximum absolute atomic E-state index is 5.54. The fraction of sp³-hybridized carbons (Fsp3) is 1.00. The molecule has 0 unspecified atom stereocenters. The number of hydrogen-bond acceptors (Lipinski definition) is 3. The van der Waals surface area contributed by atoms with Crippen LogP contribution < -0.4 is 5.32 Å². The van der Waals surface area contributed by atoms with Crippen LogP contribution in [0.25, 0.3) is 0 Å². The van der Waals surface area contributed by atoms with E-state index < -0.39 is 0 Å². The Morgan fingerprint density at radius 3 is 2.60 bits per heavy atom. The Bertz CT molecular complexity index is 169. The lowest BCUT2D eigenvalue weighted by molar-refractivity contribution is 0.125. The van der Waals surface area contributed by atoms with Crippen molar-refractivity contribution in [3.63, 3.8) is 0 Å². The zero-order valence-corrected chi connectivity index (χ0v) is 11.2. The van der Waals surface area contributed by atoms with E-state index in [4.69, 9.17) is 4.74 Å². The molecule has 1 saturated carbocycles. The van der Waals surface area contributed by atoms with Crippen molar-refractivity contribution in [3.8, 4) is 0 Å².